The number of ether oxygens (including phenoxy) is 1. The van der Waals surface area contributed by atoms with Crippen LogP contribution in [0.1, 0.15) is 29.8 Å². The smallest absolute Gasteiger partial charge is 0.253 e. The van der Waals surface area contributed by atoms with E-state index in [2.05, 4.69) is 15.6 Å². The number of carbonyl (C=O) groups excluding carboxylic acids is 1. The van der Waals surface area contributed by atoms with E-state index in [1.807, 2.05) is 38.1 Å². The van der Waals surface area contributed by atoms with E-state index in [0.717, 1.165) is 5.56 Å². The molecule has 1 rings (SSSR count). The first-order valence-electron chi connectivity index (χ1n) is 7.59. The Morgan fingerprint density at radius 1 is 1.21 bits per heavy atom. The number of rotatable bonds is 6. The predicted molar refractivity (Wildman–Crippen MR) is 109 cm³/mol. The maximum Gasteiger partial charge on any atom is 0.253 e. The van der Waals surface area contributed by atoms with E-state index in [1.165, 1.54) is 0 Å². The Kier molecular flexibility index (Phi) is 9.91. The van der Waals surface area contributed by atoms with Crippen LogP contribution in [0.25, 0.3) is 0 Å². The number of hydrogen-bond donors (Lipinski definition) is 2. The number of carbonyl (C=O) groups is 1. The van der Waals surface area contributed by atoms with Gasteiger partial charge in [0.05, 0.1) is 5.60 Å². The molecule has 0 atom stereocenters. The molecule has 24 heavy (non-hydrogen) atoms. The van der Waals surface area contributed by atoms with Crippen molar-refractivity contribution < 1.29 is 9.53 Å². The number of halogens is 1. The van der Waals surface area contributed by atoms with Crippen LogP contribution in [-0.4, -0.2) is 57.2 Å². The lowest BCUT2D eigenvalue weighted by Gasteiger charge is -2.24. The van der Waals surface area contributed by atoms with Crippen LogP contribution in [0.5, 0.6) is 0 Å². The molecule has 0 aromatic heterocycles. The minimum atomic E-state index is -0.258. The molecule has 0 heterocycles. The fourth-order valence-corrected chi connectivity index (χ4v) is 1.80. The van der Waals surface area contributed by atoms with Crippen molar-refractivity contribution in [1.29, 1.82) is 0 Å². The first-order valence-corrected chi connectivity index (χ1v) is 7.59. The molecule has 2 N–H and O–H groups in total. The molecule has 0 fully saturated rings. The molecule has 0 saturated carbocycles. The molecule has 6 nitrogen and oxygen atoms in total. The lowest BCUT2D eigenvalue weighted by molar-refractivity contribution is 0.0268. The molecular formula is C17H29IN4O2. The molecule has 1 amide bonds. The highest BCUT2D eigenvalue weighted by Crippen LogP contribution is 2.07. The standard InChI is InChI=1S/C17H28N4O2.HI/c1-17(2,23-6)12-20-16(18-3)19-11-13-7-9-14(10-8-13)15(22)21(4)5;/h7-10H,11-12H2,1-6H3,(H2,18,19,20);1H. The van der Waals surface area contributed by atoms with E-state index in [1.54, 1.807) is 33.2 Å². The molecule has 0 aliphatic carbocycles. The fraction of sp³-hybridized carbons (Fsp3) is 0.529. The Balaban J connectivity index is 0.00000529. The summed E-state index contributed by atoms with van der Waals surface area (Å²) >= 11 is 0. The van der Waals surface area contributed by atoms with Crippen molar-refractivity contribution >= 4 is 35.8 Å². The molecule has 0 bridgehead atoms. The molecule has 0 aliphatic heterocycles. The van der Waals surface area contributed by atoms with Gasteiger partial charge < -0.3 is 20.3 Å². The van der Waals surface area contributed by atoms with Crippen molar-refractivity contribution in [2.24, 2.45) is 4.99 Å². The number of nitrogens with one attached hydrogen (secondary N) is 2. The molecule has 0 unspecified atom stereocenters. The summed E-state index contributed by atoms with van der Waals surface area (Å²) in [5.41, 5.74) is 1.50. The monoisotopic (exact) mass is 448 g/mol. The number of benzene rings is 1. The molecule has 0 spiro atoms. The topological polar surface area (TPSA) is 66.0 Å². The second kappa shape index (κ2) is 10.5. The number of hydrogen-bond acceptors (Lipinski definition) is 3. The average Bonchev–Trinajstić information content (AvgIpc) is 2.54. The van der Waals surface area contributed by atoms with Crippen molar-refractivity contribution in [3.05, 3.63) is 35.4 Å². The highest BCUT2D eigenvalue weighted by molar-refractivity contribution is 14.0. The molecule has 7 heteroatoms. The summed E-state index contributed by atoms with van der Waals surface area (Å²) < 4.78 is 5.37. The van der Waals surface area contributed by atoms with E-state index in [0.29, 0.717) is 24.6 Å². The first-order chi connectivity index (χ1) is 10.8. The summed E-state index contributed by atoms with van der Waals surface area (Å²) in [6, 6.07) is 7.55. The van der Waals surface area contributed by atoms with Crippen LogP contribution in [-0.2, 0) is 11.3 Å². The van der Waals surface area contributed by atoms with E-state index in [4.69, 9.17) is 4.74 Å². The van der Waals surface area contributed by atoms with Gasteiger partial charge in [-0.15, -0.1) is 24.0 Å². The van der Waals surface area contributed by atoms with Gasteiger partial charge in [0.2, 0.25) is 0 Å². The molecule has 1 aromatic carbocycles. The molecule has 1 aromatic rings. The third-order valence-electron chi connectivity index (χ3n) is 3.52. The van der Waals surface area contributed by atoms with E-state index in [9.17, 15) is 4.79 Å². The van der Waals surface area contributed by atoms with Crippen molar-refractivity contribution in [2.75, 3.05) is 34.8 Å². The summed E-state index contributed by atoms with van der Waals surface area (Å²) in [6.45, 7) is 5.30. The minimum Gasteiger partial charge on any atom is -0.377 e. The SMILES string of the molecule is CN=C(NCc1ccc(C(=O)N(C)C)cc1)NCC(C)(C)OC.I. The van der Waals surface area contributed by atoms with Gasteiger partial charge in [-0.2, -0.15) is 0 Å². The summed E-state index contributed by atoms with van der Waals surface area (Å²) in [5, 5.41) is 6.47. The maximum absolute atomic E-state index is 11.8. The molecular weight excluding hydrogens is 419 g/mol. The van der Waals surface area contributed by atoms with Crippen molar-refractivity contribution in [1.82, 2.24) is 15.5 Å². The number of methoxy groups -OCH3 is 1. The lowest BCUT2D eigenvalue weighted by atomic mass is 10.1. The van der Waals surface area contributed by atoms with E-state index in [-0.39, 0.29) is 35.5 Å². The van der Waals surface area contributed by atoms with Crippen LogP contribution in [0, 0.1) is 0 Å². The van der Waals surface area contributed by atoms with Gasteiger partial charge in [0.1, 0.15) is 0 Å². The quantitative estimate of drug-likeness (QED) is 0.398. The number of guanidine groups is 1. The van der Waals surface area contributed by atoms with Gasteiger partial charge in [-0.05, 0) is 31.5 Å². The second-order valence-corrected chi connectivity index (χ2v) is 6.14. The maximum atomic E-state index is 11.8. The lowest BCUT2D eigenvalue weighted by Crippen LogP contribution is -2.45. The zero-order chi connectivity index (χ0) is 17.5. The van der Waals surface area contributed by atoms with Crippen LogP contribution in [0.3, 0.4) is 0 Å². The van der Waals surface area contributed by atoms with Crippen molar-refractivity contribution in [3.8, 4) is 0 Å². The molecule has 136 valence electrons. The average molecular weight is 448 g/mol. The zero-order valence-corrected chi connectivity index (χ0v) is 17.7. The summed E-state index contributed by atoms with van der Waals surface area (Å²) in [7, 11) is 6.91. The molecule has 0 radical (unpaired) electrons. The summed E-state index contributed by atoms with van der Waals surface area (Å²) in [4.78, 5) is 17.6. The first kappa shape index (κ1) is 22.6. The number of nitrogens with zero attached hydrogens (tertiary/aromatic N) is 2. The predicted octanol–water partition coefficient (Wildman–Crippen LogP) is 2.10. The van der Waals surface area contributed by atoms with Crippen LogP contribution in [0.4, 0.5) is 0 Å². The Morgan fingerprint density at radius 2 is 1.79 bits per heavy atom. The number of aliphatic imine (C=N–C) groups is 1. The van der Waals surface area contributed by atoms with Crippen LogP contribution in [0.2, 0.25) is 0 Å². The minimum absolute atomic E-state index is 0. The number of amides is 1. The highest BCUT2D eigenvalue weighted by atomic mass is 127. The summed E-state index contributed by atoms with van der Waals surface area (Å²) in [5.74, 6) is 0.715. The van der Waals surface area contributed by atoms with Crippen molar-refractivity contribution in [3.63, 3.8) is 0 Å². The Labute approximate surface area is 162 Å². The van der Waals surface area contributed by atoms with Crippen LogP contribution < -0.4 is 10.6 Å². The van der Waals surface area contributed by atoms with E-state index >= 15 is 0 Å². The van der Waals surface area contributed by atoms with Gasteiger partial charge in [-0.1, -0.05) is 12.1 Å². The third-order valence-corrected chi connectivity index (χ3v) is 3.52. The second-order valence-electron chi connectivity index (χ2n) is 6.14. The van der Waals surface area contributed by atoms with Gasteiger partial charge in [0, 0.05) is 46.9 Å². The molecule has 0 saturated heterocycles. The summed E-state index contributed by atoms with van der Waals surface area (Å²) in [6.07, 6.45) is 0. The largest absolute Gasteiger partial charge is 0.377 e. The molecule has 0 aliphatic rings. The Morgan fingerprint density at radius 3 is 2.25 bits per heavy atom. The normalized spacial score (nSPS) is 11.5. The van der Waals surface area contributed by atoms with Crippen molar-refractivity contribution in [2.45, 2.75) is 26.0 Å². The third kappa shape index (κ3) is 7.48. The Hall–Kier alpha value is -1.35. The van der Waals surface area contributed by atoms with Gasteiger partial charge in [0.15, 0.2) is 5.96 Å². The van der Waals surface area contributed by atoms with Gasteiger partial charge in [-0.3, -0.25) is 9.79 Å². The van der Waals surface area contributed by atoms with Crippen LogP contribution in [0.15, 0.2) is 29.3 Å². The van der Waals surface area contributed by atoms with Gasteiger partial charge >= 0.3 is 0 Å². The highest BCUT2D eigenvalue weighted by Gasteiger charge is 2.16. The van der Waals surface area contributed by atoms with Gasteiger partial charge in [-0.25, -0.2) is 0 Å². The fourth-order valence-electron chi connectivity index (χ4n) is 1.80. The van der Waals surface area contributed by atoms with Gasteiger partial charge in [0.25, 0.3) is 5.91 Å². The zero-order valence-electron chi connectivity index (χ0n) is 15.3. The van der Waals surface area contributed by atoms with E-state index < -0.39 is 0 Å². The Bertz CT molecular complexity index is 542. The van der Waals surface area contributed by atoms with Crippen LogP contribution >= 0.6 is 24.0 Å².